The number of alkyl halides is 3. The molecule has 0 aliphatic heterocycles. The summed E-state index contributed by atoms with van der Waals surface area (Å²) in [6.45, 7) is 2.11. The normalized spacial score (nSPS) is 11.7. The molecule has 2 rings (SSSR count). The van der Waals surface area contributed by atoms with Gasteiger partial charge >= 0.3 is 6.18 Å². The number of hydrogen-bond donors (Lipinski definition) is 1. The maximum absolute atomic E-state index is 13.1. The molecule has 2 N–H and O–H groups in total. The van der Waals surface area contributed by atoms with Crippen LogP contribution in [0.25, 0.3) is 5.69 Å². The van der Waals surface area contributed by atoms with E-state index in [4.69, 9.17) is 10.5 Å². The average Bonchev–Trinajstić information content (AvgIpc) is 2.84. The van der Waals surface area contributed by atoms with E-state index in [1.807, 2.05) is 6.92 Å². The smallest absolute Gasteiger partial charge is 0.433 e. The molecule has 0 spiro atoms. The molecule has 0 unspecified atom stereocenters. The predicted octanol–water partition coefficient (Wildman–Crippen LogP) is 2.75. The minimum absolute atomic E-state index is 0.0358. The Labute approximate surface area is 114 Å². The van der Waals surface area contributed by atoms with Crippen LogP contribution in [0.2, 0.25) is 0 Å². The summed E-state index contributed by atoms with van der Waals surface area (Å²) in [6.07, 6.45) is -3.37. The lowest BCUT2D eigenvalue weighted by atomic mass is 10.2. The summed E-state index contributed by atoms with van der Waals surface area (Å²) in [7, 11) is 0. The van der Waals surface area contributed by atoms with Crippen molar-refractivity contribution in [1.82, 2.24) is 9.78 Å². The van der Waals surface area contributed by atoms with Gasteiger partial charge in [0.1, 0.15) is 5.75 Å². The number of hydrogen-bond acceptors (Lipinski definition) is 3. The van der Waals surface area contributed by atoms with Crippen molar-refractivity contribution in [2.75, 3.05) is 6.61 Å². The van der Waals surface area contributed by atoms with E-state index in [9.17, 15) is 13.2 Å². The van der Waals surface area contributed by atoms with Gasteiger partial charge in [0.15, 0.2) is 5.69 Å². The minimum Gasteiger partial charge on any atom is -0.494 e. The highest BCUT2D eigenvalue weighted by Crippen LogP contribution is 2.33. The van der Waals surface area contributed by atoms with Gasteiger partial charge in [-0.3, -0.25) is 0 Å². The van der Waals surface area contributed by atoms with Crippen molar-refractivity contribution in [3.05, 3.63) is 41.7 Å². The highest BCUT2D eigenvalue weighted by molar-refractivity contribution is 5.40. The largest absolute Gasteiger partial charge is 0.494 e. The van der Waals surface area contributed by atoms with Gasteiger partial charge in [0, 0.05) is 12.1 Å². The third kappa shape index (κ3) is 2.77. The van der Waals surface area contributed by atoms with Crippen LogP contribution >= 0.6 is 0 Å². The van der Waals surface area contributed by atoms with Crippen molar-refractivity contribution in [2.24, 2.45) is 5.73 Å². The molecule has 4 nitrogen and oxygen atoms in total. The number of benzene rings is 1. The summed E-state index contributed by atoms with van der Waals surface area (Å²) in [5.41, 5.74) is 4.76. The van der Waals surface area contributed by atoms with Crippen LogP contribution in [0.5, 0.6) is 5.75 Å². The average molecular weight is 285 g/mol. The third-order valence-corrected chi connectivity index (χ3v) is 2.73. The molecule has 0 bridgehead atoms. The van der Waals surface area contributed by atoms with E-state index in [2.05, 4.69) is 5.10 Å². The van der Waals surface area contributed by atoms with Gasteiger partial charge in [0.25, 0.3) is 0 Å². The Morgan fingerprint density at radius 3 is 2.40 bits per heavy atom. The summed E-state index contributed by atoms with van der Waals surface area (Å²) in [5, 5.41) is 3.78. The van der Waals surface area contributed by atoms with Gasteiger partial charge in [0.05, 0.1) is 18.5 Å². The van der Waals surface area contributed by atoms with E-state index < -0.39 is 11.9 Å². The lowest BCUT2D eigenvalue weighted by Crippen LogP contribution is -2.16. The van der Waals surface area contributed by atoms with Gasteiger partial charge in [-0.05, 0) is 31.2 Å². The summed E-state index contributed by atoms with van der Waals surface area (Å²) in [6, 6.07) is 6.24. The molecule has 0 radical (unpaired) electrons. The Balaban J connectivity index is 2.45. The summed E-state index contributed by atoms with van der Waals surface area (Å²) in [4.78, 5) is 0. The van der Waals surface area contributed by atoms with E-state index in [1.54, 1.807) is 12.1 Å². The van der Waals surface area contributed by atoms with Crippen LogP contribution in [0.15, 0.2) is 30.5 Å². The molecule has 0 saturated heterocycles. The van der Waals surface area contributed by atoms with Gasteiger partial charge in [-0.1, -0.05) is 0 Å². The van der Waals surface area contributed by atoms with Crippen LogP contribution < -0.4 is 10.5 Å². The van der Waals surface area contributed by atoms with Gasteiger partial charge in [-0.25, -0.2) is 4.68 Å². The zero-order chi connectivity index (χ0) is 14.8. The van der Waals surface area contributed by atoms with E-state index in [-0.39, 0.29) is 12.1 Å². The molecular weight excluding hydrogens is 271 g/mol. The fourth-order valence-electron chi connectivity index (χ4n) is 1.88. The highest BCUT2D eigenvalue weighted by Gasteiger charge is 2.38. The fourth-order valence-corrected chi connectivity index (χ4v) is 1.88. The molecule has 2 aromatic rings. The minimum atomic E-state index is -4.51. The molecule has 0 atom stereocenters. The molecule has 0 aliphatic carbocycles. The SMILES string of the molecule is CCOc1ccc(-n2ncc(CN)c2C(F)(F)F)cc1. The number of aromatic nitrogens is 2. The number of ether oxygens (including phenoxy) is 1. The van der Waals surface area contributed by atoms with Crippen molar-refractivity contribution in [3.63, 3.8) is 0 Å². The topological polar surface area (TPSA) is 53.1 Å². The lowest BCUT2D eigenvalue weighted by Gasteiger charge is -2.12. The van der Waals surface area contributed by atoms with Crippen LogP contribution in [0.1, 0.15) is 18.2 Å². The van der Waals surface area contributed by atoms with Crippen LogP contribution in [0, 0.1) is 0 Å². The van der Waals surface area contributed by atoms with Crippen molar-refractivity contribution in [3.8, 4) is 11.4 Å². The molecular formula is C13H14F3N3O. The summed E-state index contributed by atoms with van der Waals surface area (Å²) >= 11 is 0. The molecule has 0 aliphatic rings. The first kappa shape index (κ1) is 14.4. The molecule has 108 valence electrons. The van der Waals surface area contributed by atoms with E-state index >= 15 is 0 Å². The van der Waals surface area contributed by atoms with Crippen LogP contribution in [0.3, 0.4) is 0 Å². The van der Waals surface area contributed by atoms with Crippen LogP contribution in [-0.4, -0.2) is 16.4 Å². The number of nitrogens with zero attached hydrogens (tertiary/aromatic N) is 2. The van der Waals surface area contributed by atoms with Gasteiger partial charge in [0.2, 0.25) is 0 Å². The third-order valence-electron chi connectivity index (χ3n) is 2.73. The first-order chi connectivity index (χ1) is 9.47. The molecule has 0 fully saturated rings. The zero-order valence-electron chi connectivity index (χ0n) is 10.8. The summed E-state index contributed by atoms with van der Waals surface area (Å²) in [5.74, 6) is 0.594. The van der Waals surface area contributed by atoms with E-state index in [0.29, 0.717) is 18.0 Å². The van der Waals surface area contributed by atoms with Crippen molar-refractivity contribution in [1.29, 1.82) is 0 Å². The first-order valence-electron chi connectivity index (χ1n) is 6.04. The molecule has 0 saturated carbocycles. The van der Waals surface area contributed by atoms with Crippen molar-refractivity contribution in [2.45, 2.75) is 19.6 Å². The Morgan fingerprint density at radius 2 is 1.90 bits per heavy atom. The number of nitrogens with two attached hydrogens (primary N) is 1. The Morgan fingerprint density at radius 1 is 1.25 bits per heavy atom. The molecule has 20 heavy (non-hydrogen) atoms. The lowest BCUT2D eigenvalue weighted by molar-refractivity contribution is -0.143. The van der Waals surface area contributed by atoms with E-state index in [1.165, 1.54) is 12.1 Å². The Kier molecular flexibility index (Phi) is 3.99. The monoisotopic (exact) mass is 285 g/mol. The maximum atomic E-state index is 13.1. The quantitative estimate of drug-likeness (QED) is 0.939. The van der Waals surface area contributed by atoms with Gasteiger partial charge in [-0.2, -0.15) is 18.3 Å². The first-order valence-corrected chi connectivity index (χ1v) is 6.04. The fraction of sp³-hybridized carbons (Fsp3) is 0.308. The highest BCUT2D eigenvalue weighted by atomic mass is 19.4. The standard InChI is InChI=1S/C13H14F3N3O/c1-2-20-11-5-3-10(4-6-11)19-12(13(14,15)16)9(7-17)8-18-19/h3-6,8H,2,7,17H2,1H3. The zero-order valence-corrected chi connectivity index (χ0v) is 10.8. The number of halogens is 3. The second-order valence-corrected chi connectivity index (χ2v) is 4.06. The maximum Gasteiger partial charge on any atom is 0.433 e. The van der Waals surface area contributed by atoms with Gasteiger partial charge < -0.3 is 10.5 Å². The second-order valence-electron chi connectivity index (χ2n) is 4.06. The molecule has 1 aromatic carbocycles. The van der Waals surface area contributed by atoms with Crippen LogP contribution in [0.4, 0.5) is 13.2 Å². The number of rotatable bonds is 4. The van der Waals surface area contributed by atoms with E-state index in [0.717, 1.165) is 10.9 Å². The predicted molar refractivity (Wildman–Crippen MR) is 67.6 cm³/mol. The molecule has 1 heterocycles. The molecule has 0 amide bonds. The molecule has 1 aromatic heterocycles. The van der Waals surface area contributed by atoms with Crippen molar-refractivity contribution >= 4 is 0 Å². The Hall–Kier alpha value is -2.02. The summed E-state index contributed by atoms with van der Waals surface area (Å²) < 4.78 is 45.3. The van der Waals surface area contributed by atoms with Crippen molar-refractivity contribution < 1.29 is 17.9 Å². The molecule has 7 heteroatoms. The van der Waals surface area contributed by atoms with Crippen LogP contribution in [-0.2, 0) is 12.7 Å². The Bertz CT molecular complexity index is 576. The van der Waals surface area contributed by atoms with Gasteiger partial charge in [-0.15, -0.1) is 0 Å². The second kappa shape index (κ2) is 5.54.